The van der Waals surface area contributed by atoms with Crippen LogP contribution in [0.25, 0.3) is 0 Å². The number of benzene rings is 1. The Morgan fingerprint density at radius 3 is 2.90 bits per heavy atom. The molecule has 0 saturated carbocycles. The van der Waals surface area contributed by atoms with E-state index in [0.29, 0.717) is 11.4 Å². The van der Waals surface area contributed by atoms with Crippen LogP contribution in [0.1, 0.15) is 21.6 Å². The van der Waals surface area contributed by atoms with Crippen molar-refractivity contribution in [1.82, 2.24) is 4.98 Å². The van der Waals surface area contributed by atoms with Crippen LogP contribution in [-0.4, -0.2) is 16.1 Å². The number of halogens is 1. The molecule has 2 aromatic rings. The van der Waals surface area contributed by atoms with E-state index in [1.54, 1.807) is 18.2 Å². The van der Waals surface area contributed by atoms with E-state index in [9.17, 15) is 4.79 Å². The molecule has 0 amide bonds. The predicted molar refractivity (Wildman–Crippen MR) is 79.4 cm³/mol. The highest BCUT2D eigenvalue weighted by Crippen LogP contribution is 2.23. The molecule has 0 bridgehead atoms. The van der Waals surface area contributed by atoms with Gasteiger partial charge in [0.1, 0.15) is 24.1 Å². The standard InChI is InChI=1S/C14H9IN2O3/c15-12-2-1-10(14(18)19)6-13(12)20-8-9-3-4-17-11(5-9)7-16/h1-6H,8H2,(H,18,19). The molecule has 1 N–H and O–H groups in total. The van der Waals surface area contributed by atoms with Crippen LogP contribution >= 0.6 is 22.6 Å². The topological polar surface area (TPSA) is 83.2 Å². The van der Waals surface area contributed by atoms with E-state index in [-0.39, 0.29) is 12.2 Å². The van der Waals surface area contributed by atoms with Crippen LogP contribution in [0.3, 0.4) is 0 Å². The second kappa shape index (κ2) is 6.34. The molecular weight excluding hydrogens is 371 g/mol. The summed E-state index contributed by atoms with van der Waals surface area (Å²) in [4.78, 5) is 14.8. The Balaban J connectivity index is 2.16. The van der Waals surface area contributed by atoms with Gasteiger partial charge in [0, 0.05) is 6.20 Å². The Morgan fingerprint density at radius 1 is 1.40 bits per heavy atom. The number of aromatic nitrogens is 1. The third kappa shape index (κ3) is 3.45. The highest BCUT2D eigenvalue weighted by Gasteiger charge is 2.08. The van der Waals surface area contributed by atoms with Gasteiger partial charge in [0.2, 0.25) is 0 Å². The van der Waals surface area contributed by atoms with Crippen molar-refractivity contribution >= 4 is 28.6 Å². The molecule has 1 aromatic heterocycles. The van der Waals surface area contributed by atoms with Gasteiger partial charge in [-0.15, -0.1) is 0 Å². The van der Waals surface area contributed by atoms with Crippen molar-refractivity contribution in [1.29, 1.82) is 5.26 Å². The quantitative estimate of drug-likeness (QED) is 0.825. The van der Waals surface area contributed by atoms with Crippen LogP contribution in [0.15, 0.2) is 36.5 Å². The number of pyridine rings is 1. The number of carbonyl (C=O) groups is 1. The largest absolute Gasteiger partial charge is 0.488 e. The van der Waals surface area contributed by atoms with Gasteiger partial charge in [-0.2, -0.15) is 5.26 Å². The van der Waals surface area contributed by atoms with E-state index in [1.807, 2.05) is 6.07 Å². The van der Waals surface area contributed by atoms with E-state index < -0.39 is 5.97 Å². The van der Waals surface area contributed by atoms with Gasteiger partial charge in [-0.25, -0.2) is 9.78 Å². The summed E-state index contributed by atoms with van der Waals surface area (Å²) in [5.41, 5.74) is 1.29. The van der Waals surface area contributed by atoms with Gasteiger partial charge >= 0.3 is 5.97 Å². The Labute approximate surface area is 129 Å². The predicted octanol–water partition coefficient (Wildman–Crippen LogP) is 2.84. The van der Waals surface area contributed by atoms with Crippen molar-refractivity contribution in [3.8, 4) is 11.8 Å². The zero-order valence-electron chi connectivity index (χ0n) is 10.2. The molecule has 1 aromatic carbocycles. The lowest BCUT2D eigenvalue weighted by molar-refractivity contribution is 0.0696. The van der Waals surface area contributed by atoms with Crippen molar-refractivity contribution < 1.29 is 14.6 Å². The van der Waals surface area contributed by atoms with Crippen LogP contribution in [-0.2, 0) is 6.61 Å². The Kier molecular flexibility index (Phi) is 4.53. The van der Waals surface area contributed by atoms with Gasteiger partial charge < -0.3 is 9.84 Å². The summed E-state index contributed by atoms with van der Waals surface area (Å²) < 4.78 is 6.43. The first kappa shape index (κ1) is 14.3. The first-order chi connectivity index (χ1) is 9.60. The van der Waals surface area contributed by atoms with Gasteiger partial charge in [-0.05, 0) is 58.5 Å². The third-order valence-electron chi connectivity index (χ3n) is 2.51. The highest BCUT2D eigenvalue weighted by atomic mass is 127. The van der Waals surface area contributed by atoms with Crippen LogP contribution in [0, 0.1) is 14.9 Å². The smallest absolute Gasteiger partial charge is 0.335 e. The van der Waals surface area contributed by atoms with E-state index in [1.165, 1.54) is 18.3 Å². The molecular formula is C14H9IN2O3. The minimum atomic E-state index is -0.998. The average molecular weight is 380 g/mol. The fourth-order valence-electron chi connectivity index (χ4n) is 1.53. The molecule has 20 heavy (non-hydrogen) atoms. The van der Waals surface area contributed by atoms with Crippen molar-refractivity contribution in [2.45, 2.75) is 6.61 Å². The number of nitrogens with zero attached hydrogens (tertiary/aromatic N) is 2. The molecule has 5 nitrogen and oxygen atoms in total. The molecule has 100 valence electrons. The van der Waals surface area contributed by atoms with Crippen molar-refractivity contribution in [3.05, 3.63) is 56.9 Å². The molecule has 6 heteroatoms. The molecule has 0 aliphatic carbocycles. The van der Waals surface area contributed by atoms with Crippen molar-refractivity contribution in [3.63, 3.8) is 0 Å². The molecule has 0 aliphatic rings. The van der Waals surface area contributed by atoms with Crippen molar-refractivity contribution in [2.24, 2.45) is 0 Å². The maximum atomic E-state index is 10.9. The number of carboxylic acid groups (broad SMARTS) is 1. The van der Waals surface area contributed by atoms with Gasteiger partial charge in [0.15, 0.2) is 0 Å². The first-order valence-corrected chi connectivity index (χ1v) is 6.68. The first-order valence-electron chi connectivity index (χ1n) is 5.61. The van der Waals surface area contributed by atoms with Crippen LogP contribution < -0.4 is 4.74 Å². The normalized spacial score (nSPS) is 9.80. The second-order valence-electron chi connectivity index (χ2n) is 3.90. The Morgan fingerprint density at radius 2 is 2.20 bits per heavy atom. The summed E-state index contributed by atoms with van der Waals surface area (Å²) in [6, 6.07) is 10.0. The van der Waals surface area contributed by atoms with Gasteiger partial charge in [0.05, 0.1) is 9.13 Å². The zero-order chi connectivity index (χ0) is 14.5. The summed E-state index contributed by atoms with van der Waals surface area (Å²) in [5, 5.41) is 17.7. The molecule has 0 radical (unpaired) electrons. The Hall–Kier alpha value is -2.14. The van der Waals surface area contributed by atoms with Crippen LogP contribution in [0.2, 0.25) is 0 Å². The number of nitriles is 1. The molecule has 0 atom stereocenters. The number of aromatic carboxylic acids is 1. The summed E-state index contributed by atoms with van der Waals surface area (Å²) in [6.07, 6.45) is 1.54. The molecule has 0 spiro atoms. The van der Waals surface area contributed by atoms with Crippen LogP contribution in [0.4, 0.5) is 0 Å². The number of ether oxygens (including phenoxy) is 1. The van der Waals surface area contributed by atoms with Gasteiger partial charge in [-0.3, -0.25) is 0 Å². The monoisotopic (exact) mass is 380 g/mol. The van der Waals surface area contributed by atoms with Crippen molar-refractivity contribution in [2.75, 3.05) is 0 Å². The fraction of sp³-hybridized carbons (Fsp3) is 0.0714. The van der Waals surface area contributed by atoms with E-state index in [2.05, 4.69) is 27.6 Å². The minimum Gasteiger partial charge on any atom is -0.488 e. The lowest BCUT2D eigenvalue weighted by Gasteiger charge is -2.09. The molecule has 0 aliphatic heterocycles. The Bertz CT molecular complexity index is 695. The molecule has 0 saturated heterocycles. The lowest BCUT2D eigenvalue weighted by Crippen LogP contribution is -2.01. The number of rotatable bonds is 4. The number of hydrogen-bond donors (Lipinski definition) is 1. The second-order valence-corrected chi connectivity index (χ2v) is 5.06. The van der Waals surface area contributed by atoms with E-state index >= 15 is 0 Å². The summed E-state index contributed by atoms with van der Waals surface area (Å²) in [5.74, 6) is -0.497. The number of hydrogen-bond acceptors (Lipinski definition) is 4. The molecule has 0 unspecified atom stereocenters. The summed E-state index contributed by atoms with van der Waals surface area (Å²) in [7, 11) is 0. The maximum Gasteiger partial charge on any atom is 0.335 e. The highest BCUT2D eigenvalue weighted by molar-refractivity contribution is 14.1. The summed E-state index contributed by atoms with van der Waals surface area (Å²) >= 11 is 2.07. The number of carboxylic acids is 1. The third-order valence-corrected chi connectivity index (χ3v) is 3.40. The molecule has 2 rings (SSSR count). The van der Waals surface area contributed by atoms with E-state index in [0.717, 1.165) is 9.13 Å². The fourth-order valence-corrected chi connectivity index (χ4v) is 2.02. The average Bonchev–Trinajstić information content (AvgIpc) is 2.46. The van der Waals surface area contributed by atoms with Gasteiger partial charge in [-0.1, -0.05) is 0 Å². The van der Waals surface area contributed by atoms with Crippen LogP contribution in [0.5, 0.6) is 5.75 Å². The zero-order valence-corrected chi connectivity index (χ0v) is 12.4. The maximum absolute atomic E-state index is 10.9. The van der Waals surface area contributed by atoms with Gasteiger partial charge in [0.25, 0.3) is 0 Å². The minimum absolute atomic E-state index is 0.174. The van der Waals surface area contributed by atoms with E-state index in [4.69, 9.17) is 15.1 Å². The molecule has 0 fully saturated rings. The summed E-state index contributed by atoms with van der Waals surface area (Å²) in [6.45, 7) is 0.246. The SMILES string of the molecule is N#Cc1cc(COc2cc(C(=O)O)ccc2I)ccn1. The lowest BCUT2D eigenvalue weighted by atomic mass is 10.2. The molecule has 1 heterocycles.